The van der Waals surface area contributed by atoms with E-state index in [2.05, 4.69) is 12.1 Å². The van der Waals surface area contributed by atoms with Crippen molar-refractivity contribution in [1.82, 2.24) is 0 Å². The number of carbonyl (C=O) groups is 2. The Hall–Kier alpha value is -1.90. The lowest BCUT2D eigenvalue weighted by molar-refractivity contribution is -0.144. The van der Waals surface area contributed by atoms with Crippen LogP contribution in [0.5, 0.6) is 0 Å². The second-order valence-corrected chi connectivity index (χ2v) is 5.62. The third-order valence-corrected chi connectivity index (χ3v) is 4.93. The zero-order valence-electron chi connectivity index (χ0n) is 10.6. The second kappa shape index (κ2) is 3.56. The number of carbonyl (C=O) groups excluding carboxylic acids is 2. The van der Waals surface area contributed by atoms with Crippen molar-refractivity contribution in [3.05, 3.63) is 47.2 Å². The highest BCUT2D eigenvalue weighted by Gasteiger charge is 2.61. The Morgan fingerprint density at radius 1 is 1.11 bits per heavy atom. The molecule has 0 amide bonds. The molecule has 0 heterocycles. The quantitative estimate of drug-likeness (QED) is 0.768. The third kappa shape index (κ3) is 1.23. The first-order chi connectivity index (χ1) is 9.22. The summed E-state index contributed by atoms with van der Waals surface area (Å²) in [6, 6.07) is 8.24. The van der Waals surface area contributed by atoms with E-state index in [1.807, 2.05) is 12.1 Å². The number of allylic oxidation sites excluding steroid dienone is 2. The van der Waals surface area contributed by atoms with Crippen LogP contribution < -0.4 is 0 Å². The van der Waals surface area contributed by atoms with Crippen molar-refractivity contribution in [2.45, 2.75) is 12.3 Å². The van der Waals surface area contributed by atoms with Gasteiger partial charge in [-0.3, -0.25) is 9.59 Å². The van der Waals surface area contributed by atoms with Crippen molar-refractivity contribution in [3.8, 4) is 0 Å². The number of Topliss-reactive ketones (excluding diaryl/α,β-unsaturated/α-hetero) is 1. The molecular formula is C16H14O3. The SMILES string of the molecule is COC1=CC(=O)[C@@H]2[C@H]3Cc4ccccc4[C@H]3[C@@H]2C1=O. The minimum absolute atomic E-state index is 0.00468. The lowest BCUT2D eigenvalue weighted by atomic mass is 9.52. The lowest BCUT2D eigenvalue weighted by Crippen LogP contribution is -2.53. The average Bonchev–Trinajstić information content (AvgIpc) is 2.70. The van der Waals surface area contributed by atoms with Gasteiger partial charge in [-0.15, -0.1) is 0 Å². The van der Waals surface area contributed by atoms with E-state index in [9.17, 15) is 9.59 Å². The first kappa shape index (κ1) is 11.0. The van der Waals surface area contributed by atoms with E-state index in [-0.39, 0.29) is 35.1 Å². The van der Waals surface area contributed by atoms with Crippen molar-refractivity contribution >= 4 is 11.6 Å². The Kier molecular flexibility index (Phi) is 2.06. The molecule has 0 N–H and O–H groups in total. The highest BCUT2D eigenvalue weighted by Crippen LogP contribution is 2.60. The van der Waals surface area contributed by atoms with E-state index in [4.69, 9.17) is 4.74 Å². The first-order valence-electron chi connectivity index (χ1n) is 6.64. The highest BCUT2D eigenvalue weighted by atomic mass is 16.5. The van der Waals surface area contributed by atoms with Gasteiger partial charge in [0.25, 0.3) is 0 Å². The maximum atomic E-state index is 12.4. The van der Waals surface area contributed by atoms with Gasteiger partial charge in [0.15, 0.2) is 11.5 Å². The van der Waals surface area contributed by atoms with Crippen molar-refractivity contribution in [1.29, 1.82) is 0 Å². The molecule has 4 rings (SSSR count). The average molecular weight is 254 g/mol. The van der Waals surface area contributed by atoms with Crippen molar-refractivity contribution in [2.75, 3.05) is 7.11 Å². The fraction of sp³-hybridized carbons (Fsp3) is 0.375. The Balaban J connectivity index is 1.79. The summed E-state index contributed by atoms with van der Waals surface area (Å²) >= 11 is 0. The van der Waals surface area contributed by atoms with Crippen LogP contribution in [0.4, 0.5) is 0 Å². The van der Waals surface area contributed by atoms with Gasteiger partial charge < -0.3 is 4.74 Å². The van der Waals surface area contributed by atoms with Gasteiger partial charge in [0.1, 0.15) is 0 Å². The minimum Gasteiger partial charge on any atom is -0.493 e. The topological polar surface area (TPSA) is 43.4 Å². The van der Waals surface area contributed by atoms with E-state index in [0.29, 0.717) is 5.92 Å². The molecule has 1 aromatic carbocycles. The second-order valence-electron chi connectivity index (χ2n) is 5.62. The molecule has 0 bridgehead atoms. The Bertz CT molecular complexity index is 629. The summed E-state index contributed by atoms with van der Waals surface area (Å²) in [5.41, 5.74) is 2.55. The molecule has 96 valence electrons. The summed E-state index contributed by atoms with van der Waals surface area (Å²) in [6.45, 7) is 0. The molecule has 0 aliphatic heterocycles. The van der Waals surface area contributed by atoms with E-state index in [1.54, 1.807) is 0 Å². The van der Waals surface area contributed by atoms with Gasteiger partial charge in [-0.05, 0) is 29.4 Å². The highest BCUT2D eigenvalue weighted by molar-refractivity contribution is 6.11. The minimum atomic E-state index is -0.193. The van der Waals surface area contributed by atoms with Gasteiger partial charge in [0.05, 0.1) is 7.11 Å². The van der Waals surface area contributed by atoms with Crippen LogP contribution in [0.1, 0.15) is 17.0 Å². The van der Waals surface area contributed by atoms with Gasteiger partial charge in [-0.25, -0.2) is 0 Å². The fourth-order valence-corrected chi connectivity index (χ4v) is 4.15. The molecule has 0 unspecified atom stereocenters. The maximum absolute atomic E-state index is 12.4. The molecule has 3 aliphatic rings. The van der Waals surface area contributed by atoms with Gasteiger partial charge in [-0.2, -0.15) is 0 Å². The van der Waals surface area contributed by atoms with E-state index in [0.717, 1.165) is 6.42 Å². The number of hydrogen-bond acceptors (Lipinski definition) is 3. The number of fused-ring (bicyclic) bond motifs is 6. The summed E-state index contributed by atoms with van der Waals surface area (Å²) in [7, 11) is 1.45. The van der Waals surface area contributed by atoms with Crippen LogP contribution in [-0.4, -0.2) is 18.7 Å². The number of benzene rings is 1. The lowest BCUT2D eigenvalue weighted by Gasteiger charge is -2.48. The van der Waals surface area contributed by atoms with Crippen LogP contribution in [0.15, 0.2) is 36.1 Å². The molecule has 0 radical (unpaired) electrons. The summed E-state index contributed by atoms with van der Waals surface area (Å²) in [4.78, 5) is 24.5. The van der Waals surface area contributed by atoms with Crippen molar-refractivity contribution < 1.29 is 14.3 Å². The molecule has 3 heteroatoms. The smallest absolute Gasteiger partial charge is 0.201 e. The molecule has 0 saturated heterocycles. The number of rotatable bonds is 1. The molecule has 3 nitrogen and oxygen atoms in total. The molecule has 19 heavy (non-hydrogen) atoms. The molecule has 0 spiro atoms. The van der Waals surface area contributed by atoms with Crippen LogP contribution in [0, 0.1) is 17.8 Å². The van der Waals surface area contributed by atoms with Gasteiger partial charge >= 0.3 is 0 Å². The van der Waals surface area contributed by atoms with Crippen molar-refractivity contribution in [2.24, 2.45) is 17.8 Å². The predicted octanol–water partition coefficient (Wildman–Crippen LogP) is 1.87. The molecule has 4 atom stereocenters. The molecular weight excluding hydrogens is 240 g/mol. The van der Waals surface area contributed by atoms with Gasteiger partial charge in [0.2, 0.25) is 5.78 Å². The molecule has 1 aromatic rings. The fourth-order valence-electron chi connectivity index (χ4n) is 4.15. The summed E-state index contributed by atoms with van der Waals surface area (Å²) in [6.07, 6.45) is 2.32. The van der Waals surface area contributed by atoms with Crippen LogP contribution in [-0.2, 0) is 20.7 Å². The molecule has 3 aliphatic carbocycles. The predicted molar refractivity (Wildman–Crippen MR) is 68.5 cm³/mol. The van der Waals surface area contributed by atoms with Crippen molar-refractivity contribution in [3.63, 3.8) is 0 Å². The first-order valence-corrected chi connectivity index (χ1v) is 6.64. The molecule has 1 saturated carbocycles. The van der Waals surface area contributed by atoms with Crippen LogP contribution in [0.2, 0.25) is 0 Å². The van der Waals surface area contributed by atoms with Crippen LogP contribution >= 0.6 is 0 Å². The summed E-state index contributed by atoms with van der Waals surface area (Å²) < 4.78 is 5.05. The zero-order valence-corrected chi connectivity index (χ0v) is 10.6. The Labute approximate surface area is 111 Å². The Morgan fingerprint density at radius 3 is 2.68 bits per heavy atom. The largest absolute Gasteiger partial charge is 0.493 e. The number of ketones is 2. The number of hydrogen-bond donors (Lipinski definition) is 0. The maximum Gasteiger partial charge on any atom is 0.201 e. The monoisotopic (exact) mass is 254 g/mol. The Morgan fingerprint density at radius 2 is 1.89 bits per heavy atom. The molecule has 0 aromatic heterocycles. The van der Waals surface area contributed by atoms with Crippen LogP contribution in [0.3, 0.4) is 0 Å². The summed E-state index contributed by atoms with van der Waals surface area (Å²) in [5.74, 6) is 0.518. The van der Waals surface area contributed by atoms with E-state index >= 15 is 0 Å². The normalized spacial score (nSPS) is 34.9. The zero-order chi connectivity index (χ0) is 13.1. The van der Waals surface area contributed by atoms with Crippen LogP contribution in [0.25, 0.3) is 0 Å². The van der Waals surface area contributed by atoms with E-state index < -0.39 is 0 Å². The standard InChI is InChI=1S/C16H14O3/c1-19-12-7-11(17)14-10-6-8-4-2-3-5-9(8)13(10)15(14)16(12)18/h2-5,7,10,13-15H,6H2,1H3/t10-,13+,14-,15-/m0/s1. The van der Waals surface area contributed by atoms with E-state index in [1.165, 1.54) is 24.3 Å². The van der Waals surface area contributed by atoms with Gasteiger partial charge in [-0.1, -0.05) is 24.3 Å². The number of methoxy groups -OCH3 is 1. The molecule has 1 fully saturated rings. The third-order valence-electron chi connectivity index (χ3n) is 4.93. The van der Waals surface area contributed by atoms with Gasteiger partial charge in [0, 0.05) is 17.9 Å². The summed E-state index contributed by atoms with van der Waals surface area (Å²) in [5, 5.41) is 0. The number of ether oxygens (including phenoxy) is 1.